The van der Waals surface area contributed by atoms with Gasteiger partial charge in [-0.15, -0.1) is 0 Å². The molecule has 182 valence electrons. The summed E-state index contributed by atoms with van der Waals surface area (Å²) in [4.78, 5) is 42.4. The number of carbonyl (C=O) groups excluding carboxylic acids is 3. The molecule has 0 bridgehead atoms. The van der Waals surface area contributed by atoms with Gasteiger partial charge in [0.15, 0.2) is 0 Å². The Labute approximate surface area is 197 Å². The summed E-state index contributed by atoms with van der Waals surface area (Å²) >= 11 is 0. The second-order valence-electron chi connectivity index (χ2n) is 8.45. The Balaban J connectivity index is 1.84. The van der Waals surface area contributed by atoms with Crippen molar-refractivity contribution >= 4 is 17.8 Å². The van der Waals surface area contributed by atoms with Crippen LogP contribution in [0.5, 0.6) is 0 Å². The van der Waals surface area contributed by atoms with E-state index in [0.29, 0.717) is 11.1 Å². The molecule has 1 saturated heterocycles. The molecule has 1 fully saturated rings. The number of nitrogens with one attached hydrogen (secondary N) is 3. The van der Waals surface area contributed by atoms with Gasteiger partial charge in [0.2, 0.25) is 17.8 Å². The summed E-state index contributed by atoms with van der Waals surface area (Å²) in [6.45, 7) is 3.09. The number of aromatic nitrogens is 1. The highest BCUT2D eigenvalue weighted by Gasteiger charge is 2.40. The van der Waals surface area contributed by atoms with Gasteiger partial charge in [-0.3, -0.25) is 9.59 Å². The van der Waals surface area contributed by atoms with Crippen molar-refractivity contribution in [1.82, 2.24) is 25.8 Å². The number of pyridine rings is 1. The first-order valence-electron chi connectivity index (χ1n) is 11.1. The van der Waals surface area contributed by atoms with Crippen LogP contribution in [0.1, 0.15) is 49.0 Å². The number of hydrogen-bond donors (Lipinski definition) is 3. The molecule has 4 amide bonds. The fraction of sp³-hybridized carbons (Fsp3) is 0.417. The van der Waals surface area contributed by atoms with Crippen LogP contribution in [0.25, 0.3) is 0 Å². The molecular formula is C24H29F2N5O3. The largest absolute Gasteiger partial charge is 0.342 e. The van der Waals surface area contributed by atoms with Crippen molar-refractivity contribution in [2.24, 2.45) is 0 Å². The molecule has 3 atom stereocenters. The van der Waals surface area contributed by atoms with Crippen molar-refractivity contribution in [1.29, 1.82) is 0 Å². The summed E-state index contributed by atoms with van der Waals surface area (Å²) in [5.41, 5.74) is 1.41. The lowest BCUT2D eigenvalue weighted by molar-refractivity contribution is -0.137. The Kier molecular flexibility index (Phi) is 8.14. The fourth-order valence-corrected chi connectivity index (χ4v) is 3.92. The van der Waals surface area contributed by atoms with E-state index in [1.807, 2.05) is 19.9 Å². The van der Waals surface area contributed by atoms with E-state index in [1.54, 1.807) is 36.4 Å². The van der Waals surface area contributed by atoms with Crippen LogP contribution in [0.3, 0.4) is 0 Å². The average molecular weight is 474 g/mol. The van der Waals surface area contributed by atoms with E-state index in [9.17, 15) is 23.2 Å². The minimum atomic E-state index is -1.38. The first-order chi connectivity index (χ1) is 16.2. The topological polar surface area (TPSA) is 103 Å². The second-order valence-corrected chi connectivity index (χ2v) is 8.45. The summed E-state index contributed by atoms with van der Waals surface area (Å²) in [7, 11) is 1.40. The molecule has 1 aromatic carbocycles. The number of likely N-dealkylation sites (tertiary alicyclic amines) is 1. The van der Waals surface area contributed by atoms with E-state index in [2.05, 4.69) is 20.9 Å². The molecule has 10 heteroatoms. The number of benzene rings is 1. The number of hydrogen-bond acceptors (Lipinski definition) is 4. The predicted molar refractivity (Wildman–Crippen MR) is 122 cm³/mol. The van der Waals surface area contributed by atoms with E-state index in [1.165, 1.54) is 7.05 Å². The Morgan fingerprint density at radius 2 is 1.85 bits per heavy atom. The lowest BCUT2D eigenvalue weighted by Crippen LogP contribution is -2.50. The van der Waals surface area contributed by atoms with Crippen molar-refractivity contribution < 1.29 is 23.2 Å². The smallest absolute Gasteiger partial charge is 0.314 e. The van der Waals surface area contributed by atoms with Gasteiger partial charge in [0.25, 0.3) is 0 Å². The maximum atomic E-state index is 14.6. The van der Waals surface area contributed by atoms with E-state index in [0.717, 1.165) is 4.90 Å². The molecule has 1 aliphatic heterocycles. The number of halogens is 2. The van der Waals surface area contributed by atoms with Crippen molar-refractivity contribution in [2.45, 2.75) is 44.4 Å². The molecule has 1 aromatic heterocycles. The van der Waals surface area contributed by atoms with E-state index < -0.39 is 42.0 Å². The minimum Gasteiger partial charge on any atom is -0.342 e. The lowest BCUT2D eigenvalue weighted by atomic mass is 9.99. The lowest BCUT2D eigenvalue weighted by Gasteiger charge is -2.27. The van der Waals surface area contributed by atoms with Crippen molar-refractivity contribution in [3.05, 3.63) is 65.2 Å². The van der Waals surface area contributed by atoms with Crippen LogP contribution in [-0.4, -0.2) is 60.1 Å². The normalized spacial score (nSPS) is 18.5. The van der Waals surface area contributed by atoms with Gasteiger partial charge >= 0.3 is 6.03 Å². The summed E-state index contributed by atoms with van der Waals surface area (Å²) in [6, 6.07) is 9.76. The van der Waals surface area contributed by atoms with Crippen LogP contribution >= 0.6 is 0 Å². The van der Waals surface area contributed by atoms with Gasteiger partial charge < -0.3 is 20.9 Å². The molecule has 0 saturated carbocycles. The molecule has 0 spiro atoms. The van der Waals surface area contributed by atoms with Crippen molar-refractivity contribution in [3.8, 4) is 0 Å². The molecule has 3 rings (SSSR count). The van der Waals surface area contributed by atoms with Crippen molar-refractivity contribution in [3.63, 3.8) is 0 Å². The highest BCUT2D eigenvalue weighted by Crippen LogP contribution is 2.26. The van der Waals surface area contributed by atoms with Gasteiger partial charge in [0, 0.05) is 19.0 Å². The van der Waals surface area contributed by atoms with Crippen LogP contribution in [0, 0.1) is 5.95 Å². The van der Waals surface area contributed by atoms with Crippen LogP contribution in [-0.2, 0) is 9.59 Å². The molecule has 0 aliphatic carbocycles. The van der Waals surface area contributed by atoms with Crippen LogP contribution < -0.4 is 16.0 Å². The Morgan fingerprint density at radius 1 is 1.15 bits per heavy atom. The summed E-state index contributed by atoms with van der Waals surface area (Å²) in [6.07, 6.45) is -1.55. The highest BCUT2D eigenvalue weighted by atomic mass is 19.1. The monoisotopic (exact) mass is 473 g/mol. The standard InChI is InChI=1S/C24H29F2N5O3/c1-14(2)17-9-10-18(29-22(17)26)21(15-7-5-4-6-8-15)30-23(33)19-11-16(25)13-31(19)20(32)12-28-24(34)27-3/h4-10,14,16,19,21H,11-13H2,1-3H3,(H,30,33)(H2,27,28,34). The van der Waals surface area contributed by atoms with E-state index in [4.69, 9.17) is 0 Å². The molecule has 2 heterocycles. The maximum absolute atomic E-state index is 14.6. The predicted octanol–water partition coefficient (Wildman–Crippen LogP) is 2.42. The SMILES string of the molecule is CNC(=O)NCC(=O)N1CC(F)CC1C(=O)NC(c1ccccc1)c1ccc(C(C)C)c(F)n1. The zero-order valence-corrected chi connectivity index (χ0v) is 19.3. The third kappa shape index (κ3) is 5.86. The molecule has 2 aromatic rings. The molecule has 1 aliphatic rings. The second kappa shape index (κ2) is 11.0. The van der Waals surface area contributed by atoms with E-state index in [-0.39, 0.29) is 31.1 Å². The van der Waals surface area contributed by atoms with Gasteiger partial charge in [-0.1, -0.05) is 50.2 Å². The Bertz CT molecular complexity index is 1030. The third-order valence-electron chi connectivity index (χ3n) is 5.74. The zero-order valence-electron chi connectivity index (χ0n) is 19.3. The fourth-order valence-electron chi connectivity index (χ4n) is 3.92. The van der Waals surface area contributed by atoms with Gasteiger partial charge in [-0.05, 0) is 17.5 Å². The average Bonchev–Trinajstić information content (AvgIpc) is 3.22. The molecule has 3 N–H and O–H groups in total. The molecular weight excluding hydrogens is 444 g/mol. The van der Waals surface area contributed by atoms with Crippen LogP contribution in [0.15, 0.2) is 42.5 Å². The number of amides is 4. The van der Waals surface area contributed by atoms with Gasteiger partial charge in [-0.2, -0.15) is 4.39 Å². The minimum absolute atomic E-state index is 0.0609. The first-order valence-corrected chi connectivity index (χ1v) is 11.1. The van der Waals surface area contributed by atoms with Gasteiger partial charge in [0.05, 0.1) is 24.8 Å². The molecule has 0 radical (unpaired) electrons. The maximum Gasteiger partial charge on any atom is 0.314 e. The first kappa shape index (κ1) is 25.1. The van der Waals surface area contributed by atoms with Gasteiger partial charge in [-0.25, -0.2) is 14.2 Å². The number of nitrogens with zero attached hydrogens (tertiary/aromatic N) is 2. The van der Waals surface area contributed by atoms with Gasteiger partial charge in [0.1, 0.15) is 12.2 Å². The summed E-state index contributed by atoms with van der Waals surface area (Å²) < 4.78 is 28.9. The van der Waals surface area contributed by atoms with E-state index >= 15 is 0 Å². The number of carbonyl (C=O) groups is 3. The number of rotatable bonds is 7. The molecule has 34 heavy (non-hydrogen) atoms. The quantitative estimate of drug-likeness (QED) is 0.538. The van der Waals surface area contributed by atoms with Crippen LogP contribution in [0.2, 0.25) is 0 Å². The number of alkyl halides is 1. The highest BCUT2D eigenvalue weighted by molar-refractivity contribution is 5.91. The van der Waals surface area contributed by atoms with Crippen LogP contribution in [0.4, 0.5) is 13.6 Å². The van der Waals surface area contributed by atoms with Crippen molar-refractivity contribution in [2.75, 3.05) is 20.1 Å². The third-order valence-corrected chi connectivity index (χ3v) is 5.74. The number of urea groups is 1. The Morgan fingerprint density at radius 3 is 2.47 bits per heavy atom. The molecule has 8 nitrogen and oxygen atoms in total. The summed E-state index contributed by atoms with van der Waals surface area (Å²) in [5, 5.41) is 7.49. The summed E-state index contributed by atoms with van der Waals surface area (Å²) in [5.74, 6) is -1.85. The zero-order chi connectivity index (χ0) is 24.8. The molecule has 3 unspecified atom stereocenters. The Hall–Kier alpha value is -3.56.